The second-order valence-electron chi connectivity index (χ2n) is 8.28. The molecule has 1 aromatic rings. The molecule has 5 rings (SSSR count). The molecule has 4 fully saturated rings. The van der Waals surface area contributed by atoms with E-state index in [1.54, 1.807) is 31.2 Å². The zero-order valence-electron chi connectivity index (χ0n) is 15.3. The lowest BCUT2D eigenvalue weighted by Gasteiger charge is -2.56. The molecule has 1 aromatic carbocycles. The third-order valence-electron chi connectivity index (χ3n) is 6.16. The Morgan fingerprint density at radius 3 is 2.38 bits per heavy atom. The number of esters is 1. The summed E-state index contributed by atoms with van der Waals surface area (Å²) in [5.41, 5.74) is 0.438. The average molecular weight is 357 g/mol. The Balaban J connectivity index is 1.33. The maximum atomic E-state index is 12.5. The third kappa shape index (κ3) is 3.57. The van der Waals surface area contributed by atoms with Crippen LogP contribution in [-0.4, -0.2) is 30.6 Å². The highest BCUT2D eigenvalue weighted by atomic mass is 16.5. The molecule has 4 aliphatic rings. The van der Waals surface area contributed by atoms with Crippen LogP contribution in [-0.2, 0) is 9.53 Å². The van der Waals surface area contributed by atoms with Crippen LogP contribution in [0.15, 0.2) is 24.3 Å². The fourth-order valence-corrected chi connectivity index (χ4v) is 5.67. The van der Waals surface area contributed by atoms with Crippen molar-refractivity contribution in [2.75, 3.05) is 13.2 Å². The van der Waals surface area contributed by atoms with Crippen molar-refractivity contribution in [1.29, 1.82) is 0 Å². The topological polar surface area (TPSA) is 64.6 Å². The summed E-state index contributed by atoms with van der Waals surface area (Å²) in [5.74, 6) is 2.46. The van der Waals surface area contributed by atoms with Crippen molar-refractivity contribution >= 4 is 11.9 Å². The molecule has 1 amide bonds. The van der Waals surface area contributed by atoms with Crippen LogP contribution in [0.2, 0.25) is 0 Å². The van der Waals surface area contributed by atoms with Crippen LogP contribution in [0.5, 0.6) is 5.75 Å². The van der Waals surface area contributed by atoms with E-state index in [1.807, 2.05) is 0 Å². The molecule has 0 radical (unpaired) electrons. The Morgan fingerprint density at radius 1 is 1.12 bits per heavy atom. The highest BCUT2D eigenvalue weighted by Crippen LogP contribution is 2.55. The van der Waals surface area contributed by atoms with Gasteiger partial charge in [-0.15, -0.1) is 0 Å². The van der Waals surface area contributed by atoms with Gasteiger partial charge < -0.3 is 14.8 Å². The van der Waals surface area contributed by atoms with Crippen LogP contribution >= 0.6 is 0 Å². The molecular weight excluding hydrogens is 330 g/mol. The summed E-state index contributed by atoms with van der Waals surface area (Å²) >= 11 is 0. The zero-order valence-corrected chi connectivity index (χ0v) is 15.3. The normalized spacial score (nSPS) is 31.5. The molecule has 0 heterocycles. The molecule has 4 saturated carbocycles. The minimum absolute atomic E-state index is 0.00196. The monoisotopic (exact) mass is 357 g/mol. The molecule has 4 aliphatic carbocycles. The molecule has 4 bridgehead atoms. The Hall–Kier alpha value is -2.04. The fraction of sp³-hybridized carbons (Fsp3) is 0.619. The van der Waals surface area contributed by atoms with Crippen LogP contribution in [0.25, 0.3) is 0 Å². The number of hydrogen-bond donors (Lipinski definition) is 1. The van der Waals surface area contributed by atoms with Crippen molar-refractivity contribution in [3.05, 3.63) is 29.8 Å². The van der Waals surface area contributed by atoms with E-state index in [-0.39, 0.29) is 24.0 Å². The predicted octanol–water partition coefficient (Wildman–Crippen LogP) is 3.33. The lowest BCUT2D eigenvalue weighted by molar-refractivity contribution is -0.128. The van der Waals surface area contributed by atoms with Gasteiger partial charge in [-0.1, -0.05) is 6.07 Å². The number of nitrogens with one attached hydrogen (secondary N) is 1. The van der Waals surface area contributed by atoms with E-state index in [0.717, 1.165) is 37.0 Å². The standard InChI is InChI=1S/C21H27NO4/c1-2-25-20(24)17-4-3-5-18(9-17)26-13-19(23)22-21-10-14-6-15(11-21)8-16(7-14)12-21/h3-5,9,14-16H,2,6-8,10-13H2,1H3,(H,22,23). The minimum atomic E-state index is -0.379. The summed E-state index contributed by atoms with van der Waals surface area (Å²) in [6.45, 7) is 2.08. The number of hydrogen-bond acceptors (Lipinski definition) is 4. The van der Waals surface area contributed by atoms with Crippen LogP contribution in [0.3, 0.4) is 0 Å². The third-order valence-corrected chi connectivity index (χ3v) is 6.16. The Morgan fingerprint density at radius 2 is 1.77 bits per heavy atom. The number of carbonyl (C=O) groups is 2. The zero-order chi connectivity index (χ0) is 18.1. The summed E-state index contributed by atoms with van der Waals surface area (Å²) in [5, 5.41) is 3.30. The molecule has 5 nitrogen and oxygen atoms in total. The van der Waals surface area contributed by atoms with Crippen LogP contribution in [0, 0.1) is 17.8 Å². The van der Waals surface area contributed by atoms with Gasteiger partial charge in [-0.05, 0) is 81.4 Å². The lowest BCUT2D eigenvalue weighted by Crippen LogP contribution is -2.60. The molecule has 140 valence electrons. The van der Waals surface area contributed by atoms with Gasteiger partial charge in [0.05, 0.1) is 12.2 Å². The number of amides is 1. The molecule has 1 N–H and O–H groups in total. The maximum absolute atomic E-state index is 12.5. The highest BCUT2D eigenvalue weighted by molar-refractivity contribution is 5.89. The van der Waals surface area contributed by atoms with Crippen molar-refractivity contribution in [1.82, 2.24) is 5.32 Å². The molecule has 0 unspecified atom stereocenters. The van der Waals surface area contributed by atoms with Gasteiger partial charge in [-0.25, -0.2) is 4.79 Å². The Kier molecular flexibility index (Phi) is 4.63. The summed E-state index contributed by atoms with van der Waals surface area (Å²) < 4.78 is 10.6. The largest absolute Gasteiger partial charge is 0.484 e. The van der Waals surface area contributed by atoms with Gasteiger partial charge >= 0.3 is 5.97 Å². The van der Waals surface area contributed by atoms with Crippen molar-refractivity contribution in [2.24, 2.45) is 17.8 Å². The summed E-state index contributed by atoms with van der Waals surface area (Å²) in [6, 6.07) is 6.79. The van der Waals surface area contributed by atoms with Crippen molar-refractivity contribution in [3.63, 3.8) is 0 Å². The first-order valence-electron chi connectivity index (χ1n) is 9.76. The Labute approximate surface area is 154 Å². The van der Waals surface area contributed by atoms with Crippen LogP contribution in [0.1, 0.15) is 55.8 Å². The van der Waals surface area contributed by atoms with Crippen molar-refractivity contribution < 1.29 is 19.1 Å². The van der Waals surface area contributed by atoms with Crippen LogP contribution < -0.4 is 10.1 Å². The second kappa shape index (κ2) is 6.93. The first-order valence-corrected chi connectivity index (χ1v) is 9.76. The van der Waals surface area contributed by atoms with Gasteiger partial charge in [0, 0.05) is 5.54 Å². The van der Waals surface area contributed by atoms with E-state index in [0.29, 0.717) is 17.9 Å². The van der Waals surface area contributed by atoms with Crippen molar-refractivity contribution in [2.45, 2.75) is 51.0 Å². The number of ether oxygens (including phenoxy) is 2. The van der Waals surface area contributed by atoms with Gasteiger partial charge in [0.2, 0.25) is 0 Å². The van der Waals surface area contributed by atoms with Crippen molar-refractivity contribution in [3.8, 4) is 5.75 Å². The molecular formula is C21H27NO4. The average Bonchev–Trinajstić information content (AvgIpc) is 2.59. The van der Waals surface area contributed by atoms with Gasteiger partial charge in [-0.2, -0.15) is 0 Å². The molecule has 0 spiro atoms. The van der Waals surface area contributed by atoms with E-state index in [9.17, 15) is 9.59 Å². The fourth-order valence-electron chi connectivity index (χ4n) is 5.67. The quantitative estimate of drug-likeness (QED) is 0.793. The SMILES string of the molecule is CCOC(=O)c1cccc(OCC(=O)NC23CC4CC(CC(C4)C2)C3)c1. The van der Waals surface area contributed by atoms with Gasteiger partial charge in [0.15, 0.2) is 6.61 Å². The summed E-state index contributed by atoms with van der Waals surface area (Å²) in [6.07, 6.45) is 7.44. The predicted molar refractivity (Wildman–Crippen MR) is 96.9 cm³/mol. The van der Waals surface area contributed by atoms with Gasteiger partial charge in [0.1, 0.15) is 5.75 Å². The molecule has 26 heavy (non-hydrogen) atoms. The van der Waals surface area contributed by atoms with Crippen LogP contribution in [0.4, 0.5) is 0 Å². The van der Waals surface area contributed by atoms with Gasteiger partial charge in [0.25, 0.3) is 5.91 Å². The number of rotatable bonds is 6. The number of carbonyl (C=O) groups excluding carboxylic acids is 2. The minimum Gasteiger partial charge on any atom is -0.484 e. The lowest BCUT2D eigenvalue weighted by atomic mass is 9.53. The smallest absolute Gasteiger partial charge is 0.338 e. The summed E-state index contributed by atoms with van der Waals surface area (Å²) in [4.78, 5) is 24.3. The maximum Gasteiger partial charge on any atom is 0.338 e. The Bertz CT molecular complexity index is 664. The molecule has 0 aliphatic heterocycles. The van der Waals surface area contributed by atoms with E-state index in [4.69, 9.17) is 9.47 Å². The van der Waals surface area contributed by atoms with E-state index < -0.39 is 0 Å². The van der Waals surface area contributed by atoms with E-state index >= 15 is 0 Å². The number of benzene rings is 1. The first-order chi connectivity index (χ1) is 12.5. The molecule has 5 heteroatoms. The van der Waals surface area contributed by atoms with E-state index in [2.05, 4.69) is 5.32 Å². The molecule has 0 atom stereocenters. The van der Waals surface area contributed by atoms with Gasteiger partial charge in [-0.3, -0.25) is 4.79 Å². The first kappa shape index (κ1) is 17.4. The van der Waals surface area contributed by atoms with E-state index in [1.165, 1.54) is 19.3 Å². The molecule has 0 saturated heterocycles. The second-order valence-corrected chi connectivity index (χ2v) is 8.28. The summed E-state index contributed by atoms with van der Waals surface area (Å²) in [7, 11) is 0. The molecule has 0 aromatic heterocycles. The highest BCUT2D eigenvalue weighted by Gasteiger charge is 2.51.